The van der Waals surface area contributed by atoms with Gasteiger partial charge < -0.3 is 5.32 Å². The first-order valence-electron chi connectivity index (χ1n) is 7.63. The van der Waals surface area contributed by atoms with Crippen LogP contribution in [0.5, 0.6) is 0 Å². The molecule has 1 aliphatic heterocycles. The molecule has 0 bridgehead atoms. The largest absolute Gasteiger partial charge is 0.314 e. The van der Waals surface area contributed by atoms with Gasteiger partial charge in [-0.25, -0.2) is 0 Å². The summed E-state index contributed by atoms with van der Waals surface area (Å²) in [7, 11) is 0. The van der Waals surface area contributed by atoms with Crippen LogP contribution in [0, 0.1) is 0 Å². The maximum absolute atomic E-state index is 3.86. The van der Waals surface area contributed by atoms with E-state index >= 15 is 0 Å². The molecular weight excluding hydrogens is 256 g/mol. The number of hydrogen-bond acceptors (Lipinski definition) is 2. The van der Waals surface area contributed by atoms with Gasteiger partial charge in [0.25, 0.3) is 0 Å². The second kappa shape index (κ2) is 10.1. The summed E-state index contributed by atoms with van der Waals surface area (Å²) in [4.78, 5) is 2.52. The highest BCUT2D eigenvalue weighted by molar-refractivity contribution is 5.41. The molecule has 0 aromatic rings. The van der Waals surface area contributed by atoms with E-state index in [4.69, 9.17) is 0 Å². The highest BCUT2D eigenvalue weighted by Gasteiger charge is 2.24. The molecule has 1 fully saturated rings. The number of hydrogen-bond donors (Lipinski definition) is 1. The van der Waals surface area contributed by atoms with Gasteiger partial charge >= 0.3 is 0 Å². The summed E-state index contributed by atoms with van der Waals surface area (Å²) in [5.74, 6) is 0. The molecule has 1 atom stereocenters. The van der Waals surface area contributed by atoms with Crippen molar-refractivity contribution in [1.29, 1.82) is 0 Å². The van der Waals surface area contributed by atoms with Crippen LogP contribution in [0.3, 0.4) is 0 Å². The Balaban J connectivity index is 3.18. The lowest BCUT2D eigenvalue weighted by Gasteiger charge is -2.36. The van der Waals surface area contributed by atoms with Gasteiger partial charge in [-0.05, 0) is 25.0 Å². The summed E-state index contributed by atoms with van der Waals surface area (Å²) < 4.78 is 0. The summed E-state index contributed by atoms with van der Waals surface area (Å²) in [6, 6.07) is 0.266. The number of nitrogens with zero attached hydrogens (tertiary/aromatic N) is 1. The molecular formula is C19H28N2. The number of nitrogens with one attached hydrogen (secondary N) is 1. The molecule has 1 aliphatic rings. The highest BCUT2D eigenvalue weighted by atomic mass is 15.2. The predicted molar refractivity (Wildman–Crippen MR) is 94.4 cm³/mol. The van der Waals surface area contributed by atoms with Gasteiger partial charge in [-0.1, -0.05) is 61.8 Å². The van der Waals surface area contributed by atoms with Crippen molar-refractivity contribution in [3.63, 3.8) is 0 Å². The van der Waals surface area contributed by atoms with Crippen LogP contribution < -0.4 is 5.32 Å². The Bertz CT molecular complexity index is 446. The topological polar surface area (TPSA) is 15.3 Å². The summed E-state index contributed by atoms with van der Waals surface area (Å²) in [6.45, 7) is 16.0. The Kier molecular flexibility index (Phi) is 8.41. The van der Waals surface area contributed by atoms with Crippen molar-refractivity contribution in [2.45, 2.75) is 19.9 Å². The van der Waals surface area contributed by atoms with E-state index in [1.807, 2.05) is 18.2 Å². The maximum Gasteiger partial charge on any atom is 0.0599 e. The second-order valence-electron chi connectivity index (χ2n) is 4.97. The Morgan fingerprint density at radius 3 is 2.29 bits per heavy atom. The minimum atomic E-state index is 0.266. The lowest BCUT2D eigenvalue weighted by Crippen LogP contribution is -2.49. The van der Waals surface area contributed by atoms with Crippen molar-refractivity contribution in [1.82, 2.24) is 10.2 Å². The third kappa shape index (κ3) is 5.33. The average molecular weight is 284 g/mol. The van der Waals surface area contributed by atoms with Gasteiger partial charge in [0.2, 0.25) is 0 Å². The van der Waals surface area contributed by atoms with Crippen molar-refractivity contribution in [2.75, 3.05) is 26.2 Å². The third-order valence-electron chi connectivity index (χ3n) is 3.58. The molecule has 114 valence electrons. The average Bonchev–Trinajstić information content (AvgIpc) is 2.52. The van der Waals surface area contributed by atoms with E-state index in [1.165, 1.54) is 11.1 Å². The molecule has 2 heteroatoms. The van der Waals surface area contributed by atoms with Crippen molar-refractivity contribution in [2.24, 2.45) is 0 Å². The SMILES string of the molecule is C=C/C=C\C(=C/C)C(C(/C=C\C)=C/C=C)N1CCNCC1. The van der Waals surface area contributed by atoms with E-state index in [9.17, 15) is 0 Å². The quantitative estimate of drug-likeness (QED) is 0.718. The summed E-state index contributed by atoms with van der Waals surface area (Å²) in [5, 5.41) is 3.42. The fraction of sp³-hybridized carbons (Fsp3) is 0.368. The fourth-order valence-electron chi connectivity index (χ4n) is 2.65. The molecule has 21 heavy (non-hydrogen) atoms. The first-order chi connectivity index (χ1) is 10.3. The predicted octanol–water partition coefficient (Wildman–Crippen LogP) is 3.64. The zero-order chi connectivity index (χ0) is 15.5. The molecule has 0 aliphatic carbocycles. The Morgan fingerprint density at radius 2 is 1.76 bits per heavy atom. The van der Waals surface area contributed by atoms with Gasteiger partial charge in [0.15, 0.2) is 0 Å². The Labute approximate surface area is 129 Å². The smallest absolute Gasteiger partial charge is 0.0599 e. The van der Waals surface area contributed by atoms with Crippen LogP contribution in [0.25, 0.3) is 0 Å². The molecule has 2 nitrogen and oxygen atoms in total. The van der Waals surface area contributed by atoms with Gasteiger partial charge in [-0.2, -0.15) is 0 Å². The molecule has 0 aromatic carbocycles. The highest BCUT2D eigenvalue weighted by Crippen LogP contribution is 2.22. The summed E-state index contributed by atoms with van der Waals surface area (Å²) >= 11 is 0. The Hall–Kier alpha value is -1.64. The molecule has 0 spiro atoms. The molecule has 0 radical (unpaired) electrons. The van der Waals surface area contributed by atoms with Crippen molar-refractivity contribution in [3.05, 3.63) is 72.9 Å². The zero-order valence-corrected chi connectivity index (χ0v) is 13.4. The number of allylic oxidation sites excluding steroid dienone is 6. The standard InChI is InChI=1S/C19H28N2/c1-5-9-12-17(8-4)19(18(10-6-2)11-7-3)21-15-13-20-14-16-21/h5-12,19-20H,1-2,13-16H2,3-4H3/b11-7-,12-9-,17-8+,18-10+. The van der Waals surface area contributed by atoms with Crippen molar-refractivity contribution in [3.8, 4) is 0 Å². The second-order valence-corrected chi connectivity index (χ2v) is 4.97. The van der Waals surface area contributed by atoms with E-state index in [2.05, 4.69) is 67.6 Å². The lowest BCUT2D eigenvalue weighted by molar-refractivity contribution is 0.218. The van der Waals surface area contributed by atoms with Crippen LogP contribution in [-0.2, 0) is 0 Å². The third-order valence-corrected chi connectivity index (χ3v) is 3.58. The van der Waals surface area contributed by atoms with E-state index in [0.29, 0.717) is 0 Å². The van der Waals surface area contributed by atoms with E-state index in [-0.39, 0.29) is 6.04 Å². The van der Waals surface area contributed by atoms with Crippen LogP contribution in [0.15, 0.2) is 72.9 Å². The van der Waals surface area contributed by atoms with Crippen LogP contribution in [0.2, 0.25) is 0 Å². The monoisotopic (exact) mass is 284 g/mol. The van der Waals surface area contributed by atoms with Crippen LogP contribution >= 0.6 is 0 Å². The Morgan fingerprint density at radius 1 is 1.05 bits per heavy atom. The molecule has 1 saturated heterocycles. The molecule has 1 heterocycles. The minimum absolute atomic E-state index is 0.266. The summed E-state index contributed by atoms with van der Waals surface area (Å²) in [6.07, 6.45) is 16.4. The molecule has 1 rings (SSSR count). The van der Waals surface area contributed by atoms with Crippen LogP contribution in [0.1, 0.15) is 13.8 Å². The molecule has 1 unspecified atom stereocenters. The fourth-order valence-corrected chi connectivity index (χ4v) is 2.65. The van der Waals surface area contributed by atoms with E-state index in [1.54, 1.807) is 0 Å². The molecule has 1 N–H and O–H groups in total. The first-order valence-corrected chi connectivity index (χ1v) is 7.63. The zero-order valence-electron chi connectivity index (χ0n) is 13.4. The van der Waals surface area contributed by atoms with Gasteiger partial charge in [-0.15, -0.1) is 0 Å². The lowest BCUT2D eigenvalue weighted by atomic mass is 9.94. The van der Waals surface area contributed by atoms with Crippen molar-refractivity contribution < 1.29 is 0 Å². The van der Waals surface area contributed by atoms with Crippen LogP contribution in [0.4, 0.5) is 0 Å². The minimum Gasteiger partial charge on any atom is -0.314 e. The first kappa shape index (κ1) is 17.4. The molecule has 0 amide bonds. The van der Waals surface area contributed by atoms with Gasteiger partial charge in [0.1, 0.15) is 0 Å². The van der Waals surface area contributed by atoms with Gasteiger partial charge in [0.05, 0.1) is 6.04 Å². The van der Waals surface area contributed by atoms with Crippen LogP contribution in [-0.4, -0.2) is 37.1 Å². The number of rotatable bonds is 7. The van der Waals surface area contributed by atoms with Gasteiger partial charge in [-0.3, -0.25) is 4.90 Å². The van der Waals surface area contributed by atoms with Gasteiger partial charge in [0, 0.05) is 26.2 Å². The van der Waals surface area contributed by atoms with Crippen molar-refractivity contribution >= 4 is 0 Å². The summed E-state index contributed by atoms with van der Waals surface area (Å²) in [5.41, 5.74) is 2.57. The number of piperazine rings is 1. The maximum atomic E-state index is 3.86. The normalized spacial score (nSPS) is 20.1. The molecule has 0 aromatic heterocycles. The molecule has 0 saturated carbocycles. The van der Waals surface area contributed by atoms with E-state index < -0.39 is 0 Å². The van der Waals surface area contributed by atoms with E-state index in [0.717, 1.165) is 26.2 Å².